The van der Waals surface area contributed by atoms with Crippen LogP contribution < -0.4 is 4.74 Å². The summed E-state index contributed by atoms with van der Waals surface area (Å²) >= 11 is 0. The largest absolute Gasteiger partial charge is 0.457 e. The number of hydrogen-bond acceptors (Lipinski definition) is 4. The zero-order valence-corrected chi connectivity index (χ0v) is 20.3. The Hall–Kier alpha value is -4.97. The molecule has 37 heavy (non-hydrogen) atoms. The van der Waals surface area contributed by atoms with E-state index in [2.05, 4.69) is 74.0 Å². The standard InChI is InChI=1S/C31H21N5O/c1-18-13-25-23-6-4-21(16-27(23)30-33-9-11-35(30)28(25)14-19(18)2)37-20-3-5-22-24-7-8-32-17-29(24)36-12-10-34-31(36)26(22)15-20/h3-17H,1-2H3. The second-order valence-corrected chi connectivity index (χ2v) is 9.60. The molecule has 0 saturated carbocycles. The lowest BCUT2D eigenvalue weighted by molar-refractivity contribution is 0.484. The maximum atomic E-state index is 6.43. The summed E-state index contributed by atoms with van der Waals surface area (Å²) in [5, 5.41) is 6.73. The second-order valence-electron chi connectivity index (χ2n) is 9.60. The Morgan fingerprint density at radius 3 is 1.89 bits per heavy atom. The van der Waals surface area contributed by atoms with Crippen molar-refractivity contribution in [3.05, 3.63) is 103 Å². The van der Waals surface area contributed by atoms with Crippen molar-refractivity contribution in [1.82, 2.24) is 23.8 Å². The molecule has 176 valence electrons. The van der Waals surface area contributed by atoms with E-state index in [1.807, 2.05) is 55.4 Å². The van der Waals surface area contributed by atoms with Gasteiger partial charge in [-0.3, -0.25) is 13.8 Å². The minimum atomic E-state index is 0.761. The summed E-state index contributed by atoms with van der Waals surface area (Å²) in [6.45, 7) is 4.31. The van der Waals surface area contributed by atoms with E-state index in [0.29, 0.717) is 0 Å². The molecule has 0 spiro atoms. The van der Waals surface area contributed by atoms with Crippen molar-refractivity contribution in [2.24, 2.45) is 0 Å². The average Bonchev–Trinajstić information content (AvgIpc) is 3.61. The first-order valence-electron chi connectivity index (χ1n) is 12.3. The fourth-order valence-electron chi connectivity index (χ4n) is 5.57. The van der Waals surface area contributed by atoms with Crippen LogP contribution in [0.3, 0.4) is 0 Å². The van der Waals surface area contributed by atoms with Gasteiger partial charge in [-0.2, -0.15) is 0 Å². The normalized spacial score (nSPS) is 12.1. The summed E-state index contributed by atoms with van der Waals surface area (Å²) in [6.07, 6.45) is 11.4. The smallest absolute Gasteiger partial charge is 0.145 e. The first-order chi connectivity index (χ1) is 18.2. The number of fused-ring (bicyclic) bond motifs is 12. The fraction of sp³-hybridized carbons (Fsp3) is 0.0645. The predicted octanol–water partition coefficient (Wildman–Crippen LogP) is 7.40. The fourth-order valence-corrected chi connectivity index (χ4v) is 5.57. The van der Waals surface area contributed by atoms with Crippen LogP contribution in [0.1, 0.15) is 11.1 Å². The van der Waals surface area contributed by atoms with Crippen LogP contribution in [0, 0.1) is 13.8 Å². The molecule has 0 bridgehead atoms. The Bertz CT molecular complexity index is 2210. The van der Waals surface area contributed by atoms with E-state index in [1.165, 1.54) is 21.9 Å². The Labute approximate surface area is 211 Å². The van der Waals surface area contributed by atoms with E-state index in [4.69, 9.17) is 4.74 Å². The third-order valence-electron chi connectivity index (χ3n) is 7.49. The number of hydrogen-bond donors (Lipinski definition) is 0. The van der Waals surface area contributed by atoms with Gasteiger partial charge in [-0.1, -0.05) is 0 Å². The lowest BCUT2D eigenvalue weighted by Gasteiger charge is -2.13. The van der Waals surface area contributed by atoms with Gasteiger partial charge in [-0.15, -0.1) is 0 Å². The van der Waals surface area contributed by atoms with Crippen molar-refractivity contribution >= 4 is 54.6 Å². The van der Waals surface area contributed by atoms with Gasteiger partial charge in [0.25, 0.3) is 0 Å². The van der Waals surface area contributed by atoms with Crippen molar-refractivity contribution in [2.75, 3.05) is 0 Å². The molecule has 3 aromatic carbocycles. The van der Waals surface area contributed by atoms with E-state index < -0.39 is 0 Å². The van der Waals surface area contributed by atoms with E-state index >= 15 is 0 Å². The van der Waals surface area contributed by atoms with Gasteiger partial charge in [0.1, 0.15) is 22.8 Å². The van der Waals surface area contributed by atoms with Gasteiger partial charge >= 0.3 is 0 Å². The Morgan fingerprint density at radius 1 is 0.568 bits per heavy atom. The van der Waals surface area contributed by atoms with E-state index in [1.54, 1.807) is 0 Å². The highest BCUT2D eigenvalue weighted by Gasteiger charge is 2.14. The molecule has 0 N–H and O–H groups in total. The van der Waals surface area contributed by atoms with Gasteiger partial charge in [0.2, 0.25) is 0 Å². The summed E-state index contributed by atoms with van der Waals surface area (Å²) < 4.78 is 10.7. The lowest BCUT2D eigenvalue weighted by Crippen LogP contribution is -1.94. The Morgan fingerprint density at radius 2 is 1.19 bits per heavy atom. The van der Waals surface area contributed by atoms with Crippen molar-refractivity contribution < 1.29 is 4.74 Å². The molecular formula is C31H21N5O. The SMILES string of the molecule is Cc1cc2c3ccc(Oc4ccc5c6ccncc6n6ccnc6c5c4)cc3c3nccn3c2cc1C. The molecule has 0 fully saturated rings. The number of imidazole rings is 2. The summed E-state index contributed by atoms with van der Waals surface area (Å²) in [5.41, 5.74) is 6.56. The van der Waals surface area contributed by atoms with Crippen LogP contribution in [-0.4, -0.2) is 23.8 Å². The van der Waals surface area contributed by atoms with Crippen LogP contribution >= 0.6 is 0 Å². The summed E-state index contributed by atoms with van der Waals surface area (Å²) in [7, 11) is 0. The quantitative estimate of drug-likeness (QED) is 0.242. The van der Waals surface area contributed by atoms with Crippen LogP contribution in [0.5, 0.6) is 11.5 Å². The van der Waals surface area contributed by atoms with E-state index in [0.717, 1.165) is 55.4 Å². The minimum Gasteiger partial charge on any atom is -0.457 e. The molecule has 0 aliphatic rings. The highest BCUT2D eigenvalue weighted by molar-refractivity contribution is 6.13. The third kappa shape index (κ3) is 2.84. The molecule has 6 nitrogen and oxygen atoms in total. The van der Waals surface area contributed by atoms with Gasteiger partial charge in [-0.25, -0.2) is 9.97 Å². The average molecular weight is 480 g/mol. The lowest BCUT2D eigenvalue weighted by atomic mass is 10.0. The number of benzene rings is 3. The monoisotopic (exact) mass is 479 g/mol. The van der Waals surface area contributed by atoms with Gasteiger partial charge in [0, 0.05) is 52.5 Å². The number of rotatable bonds is 2. The molecule has 0 saturated heterocycles. The van der Waals surface area contributed by atoms with Crippen molar-refractivity contribution in [1.29, 1.82) is 0 Å². The van der Waals surface area contributed by atoms with Crippen molar-refractivity contribution in [3.63, 3.8) is 0 Å². The van der Waals surface area contributed by atoms with Crippen molar-refractivity contribution in [3.8, 4) is 11.5 Å². The van der Waals surface area contributed by atoms with E-state index in [9.17, 15) is 0 Å². The zero-order chi connectivity index (χ0) is 24.7. The predicted molar refractivity (Wildman–Crippen MR) is 148 cm³/mol. The maximum absolute atomic E-state index is 6.43. The summed E-state index contributed by atoms with van der Waals surface area (Å²) in [4.78, 5) is 13.6. The number of nitrogens with zero attached hydrogens (tertiary/aromatic N) is 5. The minimum absolute atomic E-state index is 0.761. The van der Waals surface area contributed by atoms with Gasteiger partial charge in [0.15, 0.2) is 0 Å². The second kappa shape index (κ2) is 7.27. The molecular weight excluding hydrogens is 458 g/mol. The highest BCUT2D eigenvalue weighted by Crippen LogP contribution is 2.36. The molecule has 6 heteroatoms. The van der Waals surface area contributed by atoms with Crippen LogP contribution in [0.2, 0.25) is 0 Å². The topological polar surface area (TPSA) is 56.7 Å². The Balaban J connectivity index is 1.31. The molecule has 5 heterocycles. The molecule has 0 atom stereocenters. The van der Waals surface area contributed by atoms with Crippen LogP contribution in [0.4, 0.5) is 0 Å². The molecule has 5 aromatic heterocycles. The van der Waals surface area contributed by atoms with Crippen LogP contribution in [0.25, 0.3) is 54.6 Å². The molecule has 0 radical (unpaired) electrons. The molecule has 8 aromatic rings. The number of aryl methyl sites for hydroxylation is 2. The highest BCUT2D eigenvalue weighted by atomic mass is 16.5. The van der Waals surface area contributed by atoms with Crippen molar-refractivity contribution in [2.45, 2.75) is 13.8 Å². The van der Waals surface area contributed by atoms with Crippen LogP contribution in [-0.2, 0) is 0 Å². The van der Waals surface area contributed by atoms with Crippen LogP contribution in [0.15, 0.2) is 91.8 Å². The molecule has 0 unspecified atom stereocenters. The summed E-state index contributed by atoms with van der Waals surface area (Å²) in [6, 6.07) is 19.0. The van der Waals surface area contributed by atoms with E-state index in [-0.39, 0.29) is 0 Å². The molecule has 0 aliphatic carbocycles. The number of aromatic nitrogens is 5. The Kier molecular flexibility index (Phi) is 3.98. The van der Waals surface area contributed by atoms with Gasteiger partial charge in [0.05, 0.1) is 17.2 Å². The number of pyridine rings is 3. The molecule has 8 rings (SSSR count). The van der Waals surface area contributed by atoms with Gasteiger partial charge < -0.3 is 4.74 Å². The third-order valence-corrected chi connectivity index (χ3v) is 7.49. The first-order valence-corrected chi connectivity index (χ1v) is 12.3. The number of ether oxygens (including phenoxy) is 1. The maximum Gasteiger partial charge on any atom is 0.145 e. The zero-order valence-electron chi connectivity index (χ0n) is 20.3. The first kappa shape index (κ1) is 20.2. The molecule has 0 aliphatic heterocycles. The summed E-state index contributed by atoms with van der Waals surface area (Å²) in [5.74, 6) is 1.53. The van der Waals surface area contributed by atoms with Gasteiger partial charge in [-0.05, 0) is 90.3 Å². The molecule has 0 amide bonds.